The predicted octanol–water partition coefficient (Wildman–Crippen LogP) is 2.13. The van der Waals surface area contributed by atoms with Gasteiger partial charge in [-0.3, -0.25) is 24.7 Å². The molecule has 33 heavy (non-hydrogen) atoms. The Labute approximate surface area is 191 Å². The van der Waals surface area contributed by atoms with Crippen molar-refractivity contribution in [3.63, 3.8) is 0 Å². The van der Waals surface area contributed by atoms with Crippen molar-refractivity contribution in [2.45, 2.75) is 4.90 Å². The van der Waals surface area contributed by atoms with Crippen molar-refractivity contribution in [3.8, 4) is 0 Å². The minimum absolute atomic E-state index is 0.0429. The number of ether oxygens (including phenoxy) is 1. The summed E-state index contributed by atoms with van der Waals surface area (Å²) in [6.07, 6.45) is 0. The summed E-state index contributed by atoms with van der Waals surface area (Å²) in [5.41, 5.74) is 5.10. The van der Waals surface area contributed by atoms with Gasteiger partial charge >= 0.3 is 5.97 Å². The van der Waals surface area contributed by atoms with Crippen LogP contribution in [0.15, 0.2) is 89.8 Å². The highest BCUT2D eigenvalue weighted by Crippen LogP contribution is 2.22. The van der Waals surface area contributed by atoms with Gasteiger partial charge in [0.15, 0.2) is 6.61 Å². The number of hydrogen-bond acceptors (Lipinski definition) is 6. The van der Waals surface area contributed by atoms with Crippen LogP contribution in [0.3, 0.4) is 0 Å². The molecule has 0 aliphatic heterocycles. The second-order valence-electron chi connectivity index (χ2n) is 6.78. The molecule has 0 saturated heterocycles. The number of benzene rings is 3. The number of amides is 2. The third-order valence-electron chi connectivity index (χ3n) is 4.53. The van der Waals surface area contributed by atoms with Gasteiger partial charge in [0.2, 0.25) is 0 Å². The van der Waals surface area contributed by atoms with Crippen molar-refractivity contribution < 1.29 is 27.5 Å². The summed E-state index contributed by atoms with van der Waals surface area (Å²) in [4.78, 5) is 36.0. The molecule has 2 N–H and O–H groups in total. The van der Waals surface area contributed by atoms with Gasteiger partial charge in [-0.2, -0.15) is 0 Å². The van der Waals surface area contributed by atoms with E-state index < -0.39 is 34.4 Å². The Morgan fingerprint density at radius 3 is 2.09 bits per heavy atom. The summed E-state index contributed by atoms with van der Waals surface area (Å²) in [5, 5.41) is 0. The van der Waals surface area contributed by atoms with Gasteiger partial charge in [-0.15, -0.1) is 0 Å². The number of hydrazine groups is 1. The second-order valence-corrected chi connectivity index (χ2v) is 8.75. The first-order valence-electron chi connectivity index (χ1n) is 9.74. The van der Waals surface area contributed by atoms with Gasteiger partial charge in [-0.05, 0) is 42.5 Å². The number of para-hydroxylation sites is 1. The summed E-state index contributed by atoms with van der Waals surface area (Å²) >= 11 is 0. The fraction of sp³-hybridized carbons (Fsp3) is 0.0870. The Kier molecular flexibility index (Phi) is 7.42. The topological polar surface area (TPSA) is 122 Å². The monoisotopic (exact) mass is 467 g/mol. The van der Waals surface area contributed by atoms with Crippen LogP contribution in [0.1, 0.15) is 20.7 Å². The number of carbonyl (C=O) groups excluding carboxylic acids is 3. The third-order valence-corrected chi connectivity index (χ3v) is 6.32. The normalized spacial score (nSPS) is 10.7. The zero-order chi connectivity index (χ0) is 23.8. The van der Waals surface area contributed by atoms with Gasteiger partial charge < -0.3 is 4.74 Å². The molecule has 0 spiro atoms. The van der Waals surface area contributed by atoms with Crippen LogP contribution in [0, 0.1) is 0 Å². The highest BCUT2D eigenvalue weighted by Gasteiger charge is 2.23. The highest BCUT2D eigenvalue weighted by atomic mass is 32.2. The lowest BCUT2D eigenvalue weighted by Crippen LogP contribution is -2.43. The molecule has 10 heteroatoms. The van der Waals surface area contributed by atoms with E-state index in [0.29, 0.717) is 11.3 Å². The van der Waals surface area contributed by atoms with Crippen LogP contribution < -0.4 is 15.2 Å². The zero-order valence-corrected chi connectivity index (χ0v) is 18.4. The molecule has 0 fully saturated rings. The molecule has 0 heterocycles. The van der Waals surface area contributed by atoms with Crippen molar-refractivity contribution >= 4 is 33.5 Å². The van der Waals surface area contributed by atoms with Gasteiger partial charge in [-0.1, -0.05) is 42.5 Å². The lowest BCUT2D eigenvalue weighted by molar-refractivity contribution is -0.125. The van der Waals surface area contributed by atoms with E-state index in [4.69, 9.17) is 4.74 Å². The summed E-state index contributed by atoms with van der Waals surface area (Å²) in [5.74, 6) is -2.19. The van der Waals surface area contributed by atoms with Gasteiger partial charge in [0.1, 0.15) is 0 Å². The number of nitrogens with one attached hydrogen (secondary N) is 2. The van der Waals surface area contributed by atoms with Crippen molar-refractivity contribution in [1.82, 2.24) is 10.9 Å². The number of anilines is 1. The quantitative estimate of drug-likeness (QED) is 0.406. The average Bonchev–Trinajstić information content (AvgIpc) is 2.86. The van der Waals surface area contributed by atoms with E-state index in [1.54, 1.807) is 60.7 Å². The lowest BCUT2D eigenvalue weighted by Gasteiger charge is -2.19. The highest BCUT2D eigenvalue weighted by molar-refractivity contribution is 7.92. The summed E-state index contributed by atoms with van der Waals surface area (Å²) < 4.78 is 31.8. The molecule has 0 unspecified atom stereocenters. The molecule has 0 atom stereocenters. The van der Waals surface area contributed by atoms with Crippen molar-refractivity contribution in [2.24, 2.45) is 0 Å². The molecule has 0 bridgehead atoms. The standard InChI is InChI=1S/C23H21N3O6S/c1-26(19-12-6-3-7-13-19)33(30,31)20-14-8-11-18(15-20)23(29)32-16-21(27)24-25-22(28)17-9-4-2-5-10-17/h2-15H,16H2,1H3,(H,24,27)(H,25,28). The molecule has 3 rings (SSSR count). The molecular weight excluding hydrogens is 446 g/mol. The molecule has 0 saturated carbocycles. The smallest absolute Gasteiger partial charge is 0.338 e. The van der Waals surface area contributed by atoms with Crippen LogP contribution in [-0.2, 0) is 19.6 Å². The number of sulfonamides is 1. The molecule has 0 aliphatic rings. The van der Waals surface area contributed by atoms with Crippen LogP contribution in [0.4, 0.5) is 5.69 Å². The largest absolute Gasteiger partial charge is 0.452 e. The number of nitrogens with zero attached hydrogens (tertiary/aromatic N) is 1. The van der Waals surface area contributed by atoms with E-state index >= 15 is 0 Å². The molecule has 3 aromatic rings. The molecule has 0 aromatic heterocycles. The maximum atomic E-state index is 12.9. The van der Waals surface area contributed by atoms with Crippen molar-refractivity contribution in [1.29, 1.82) is 0 Å². The molecule has 2 amide bonds. The minimum Gasteiger partial charge on any atom is -0.452 e. The summed E-state index contributed by atoms with van der Waals surface area (Å²) in [7, 11) is -2.52. The van der Waals surface area contributed by atoms with Crippen LogP contribution in [0.25, 0.3) is 0 Å². The molecule has 170 valence electrons. The molecule has 9 nitrogen and oxygen atoms in total. The predicted molar refractivity (Wildman–Crippen MR) is 121 cm³/mol. The van der Waals surface area contributed by atoms with Crippen LogP contribution in [-0.4, -0.2) is 39.9 Å². The van der Waals surface area contributed by atoms with E-state index in [0.717, 1.165) is 4.31 Å². The van der Waals surface area contributed by atoms with E-state index in [1.807, 2.05) is 0 Å². The van der Waals surface area contributed by atoms with E-state index in [2.05, 4.69) is 10.9 Å². The number of esters is 1. The van der Waals surface area contributed by atoms with Crippen LogP contribution in [0.2, 0.25) is 0 Å². The van der Waals surface area contributed by atoms with Gasteiger partial charge in [0, 0.05) is 12.6 Å². The number of hydrogen-bond donors (Lipinski definition) is 2. The van der Waals surface area contributed by atoms with Crippen molar-refractivity contribution in [2.75, 3.05) is 18.0 Å². The van der Waals surface area contributed by atoms with E-state index in [-0.39, 0.29) is 10.5 Å². The lowest BCUT2D eigenvalue weighted by atomic mass is 10.2. The fourth-order valence-corrected chi connectivity index (χ4v) is 4.00. The molecule has 0 radical (unpaired) electrons. The van der Waals surface area contributed by atoms with Gasteiger partial charge in [0.05, 0.1) is 16.1 Å². The average molecular weight is 468 g/mol. The SMILES string of the molecule is CN(c1ccccc1)S(=O)(=O)c1cccc(C(=O)OCC(=O)NNC(=O)c2ccccc2)c1. The Hall–Kier alpha value is -4.18. The Morgan fingerprint density at radius 2 is 1.42 bits per heavy atom. The first-order chi connectivity index (χ1) is 15.8. The Balaban J connectivity index is 1.59. The van der Waals surface area contributed by atoms with Crippen LogP contribution >= 0.6 is 0 Å². The van der Waals surface area contributed by atoms with E-state index in [9.17, 15) is 22.8 Å². The van der Waals surface area contributed by atoms with E-state index in [1.165, 1.54) is 31.3 Å². The van der Waals surface area contributed by atoms with Gasteiger partial charge in [-0.25, -0.2) is 13.2 Å². The summed E-state index contributed by atoms with van der Waals surface area (Å²) in [6, 6.07) is 22.0. The second kappa shape index (κ2) is 10.4. The zero-order valence-electron chi connectivity index (χ0n) is 17.6. The minimum atomic E-state index is -3.93. The molecular formula is C23H21N3O6S. The van der Waals surface area contributed by atoms with Gasteiger partial charge in [0.25, 0.3) is 21.8 Å². The molecule has 3 aromatic carbocycles. The first-order valence-corrected chi connectivity index (χ1v) is 11.2. The maximum Gasteiger partial charge on any atom is 0.338 e. The Bertz CT molecular complexity index is 1250. The van der Waals surface area contributed by atoms with Crippen molar-refractivity contribution in [3.05, 3.63) is 96.1 Å². The third kappa shape index (κ3) is 5.95. The Morgan fingerprint density at radius 1 is 0.818 bits per heavy atom. The molecule has 0 aliphatic carbocycles. The number of rotatable bonds is 7. The summed E-state index contributed by atoms with van der Waals surface area (Å²) in [6.45, 7) is -0.672. The fourth-order valence-electron chi connectivity index (χ4n) is 2.76. The van der Waals surface area contributed by atoms with Crippen LogP contribution in [0.5, 0.6) is 0 Å². The maximum absolute atomic E-state index is 12.9. The number of carbonyl (C=O) groups is 3. The first kappa shape index (κ1) is 23.5.